The molecule has 0 saturated carbocycles. The van der Waals surface area contributed by atoms with E-state index in [1.165, 1.54) is 12.1 Å². The fourth-order valence-electron chi connectivity index (χ4n) is 1.89. The topological polar surface area (TPSA) is 69.9 Å². The maximum atomic E-state index is 13.2. The molecular weight excluding hydrogens is 235 g/mol. The highest BCUT2D eigenvalue weighted by molar-refractivity contribution is 5.78. The van der Waals surface area contributed by atoms with Crippen LogP contribution in [0.4, 0.5) is 10.3 Å². The molecule has 0 fully saturated rings. The number of aryl methyl sites for hydroxylation is 1. The zero-order chi connectivity index (χ0) is 12.7. The number of nitrogens with zero attached hydrogens (tertiary/aromatic N) is 3. The summed E-state index contributed by atoms with van der Waals surface area (Å²) in [6.45, 7) is 2.14. The van der Waals surface area contributed by atoms with Crippen LogP contribution < -0.4 is 5.73 Å². The number of aromatic nitrogens is 3. The van der Waals surface area contributed by atoms with Crippen molar-refractivity contribution < 1.29 is 8.81 Å². The van der Waals surface area contributed by atoms with Crippen molar-refractivity contribution >= 4 is 17.0 Å². The summed E-state index contributed by atoms with van der Waals surface area (Å²) in [6.07, 6.45) is 1.63. The van der Waals surface area contributed by atoms with Crippen LogP contribution in [0.2, 0.25) is 0 Å². The Kier molecular flexibility index (Phi) is 2.29. The van der Waals surface area contributed by atoms with Crippen LogP contribution >= 0.6 is 0 Å². The van der Waals surface area contributed by atoms with E-state index in [1.807, 2.05) is 6.92 Å². The van der Waals surface area contributed by atoms with Crippen LogP contribution in [0.15, 0.2) is 28.8 Å². The fourth-order valence-corrected chi connectivity index (χ4v) is 1.89. The number of hydrogen-bond acceptors (Lipinski definition) is 4. The number of anilines is 1. The number of imidazole rings is 1. The van der Waals surface area contributed by atoms with Gasteiger partial charge >= 0.3 is 0 Å². The molecule has 5 nitrogen and oxygen atoms in total. The molecule has 0 bridgehead atoms. The highest BCUT2D eigenvalue weighted by Gasteiger charge is 2.11. The first-order valence-electron chi connectivity index (χ1n) is 5.46. The molecule has 0 aliphatic rings. The first-order valence-corrected chi connectivity index (χ1v) is 5.46. The van der Waals surface area contributed by atoms with Gasteiger partial charge in [-0.05, 0) is 25.1 Å². The van der Waals surface area contributed by atoms with Crippen LogP contribution in [0, 0.1) is 12.7 Å². The highest BCUT2D eigenvalue weighted by Crippen LogP contribution is 2.20. The molecule has 18 heavy (non-hydrogen) atoms. The van der Waals surface area contributed by atoms with Crippen molar-refractivity contribution in [1.82, 2.24) is 14.5 Å². The molecule has 2 aromatic heterocycles. The zero-order valence-electron chi connectivity index (χ0n) is 9.72. The molecule has 0 spiro atoms. The number of oxazole rings is 1. The Balaban J connectivity index is 2.10. The molecule has 0 aliphatic heterocycles. The number of fused-ring (bicyclic) bond motifs is 1. The van der Waals surface area contributed by atoms with Crippen molar-refractivity contribution in [2.45, 2.75) is 13.5 Å². The summed E-state index contributed by atoms with van der Waals surface area (Å²) >= 11 is 0. The van der Waals surface area contributed by atoms with E-state index in [4.69, 9.17) is 10.2 Å². The van der Waals surface area contributed by atoms with Crippen molar-refractivity contribution in [3.63, 3.8) is 0 Å². The lowest BCUT2D eigenvalue weighted by atomic mass is 10.3. The third-order valence-electron chi connectivity index (χ3n) is 2.70. The molecule has 2 heterocycles. The minimum Gasteiger partial charge on any atom is -0.444 e. The Morgan fingerprint density at radius 1 is 1.44 bits per heavy atom. The monoisotopic (exact) mass is 246 g/mol. The summed E-state index contributed by atoms with van der Waals surface area (Å²) in [5.41, 5.74) is 7.10. The molecule has 0 radical (unpaired) electrons. The SMILES string of the molecule is Cc1cnc(Cn2c(N)nc3ccc(F)cc32)o1. The summed E-state index contributed by atoms with van der Waals surface area (Å²) in [4.78, 5) is 8.26. The molecule has 92 valence electrons. The van der Waals surface area contributed by atoms with E-state index in [9.17, 15) is 4.39 Å². The van der Waals surface area contributed by atoms with E-state index in [0.717, 1.165) is 5.76 Å². The molecule has 0 amide bonds. The molecule has 3 aromatic rings. The number of halogens is 1. The lowest BCUT2D eigenvalue weighted by Gasteiger charge is -2.02. The highest BCUT2D eigenvalue weighted by atomic mass is 19.1. The average Bonchev–Trinajstić information content (AvgIpc) is 2.86. The van der Waals surface area contributed by atoms with Crippen molar-refractivity contribution in [1.29, 1.82) is 0 Å². The average molecular weight is 246 g/mol. The Morgan fingerprint density at radius 2 is 2.28 bits per heavy atom. The van der Waals surface area contributed by atoms with E-state index in [-0.39, 0.29) is 5.82 Å². The van der Waals surface area contributed by atoms with Gasteiger partial charge in [0.2, 0.25) is 11.8 Å². The van der Waals surface area contributed by atoms with E-state index in [2.05, 4.69) is 9.97 Å². The Hall–Kier alpha value is -2.37. The van der Waals surface area contributed by atoms with Gasteiger partial charge in [0.1, 0.15) is 18.1 Å². The summed E-state index contributed by atoms with van der Waals surface area (Å²) in [7, 11) is 0. The first kappa shape index (κ1) is 10.8. The lowest BCUT2D eigenvalue weighted by Crippen LogP contribution is -2.04. The Morgan fingerprint density at radius 3 is 3.00 bits per heavy atom. The molecule has 3 rings (SSSR count). The van der Waals surface area contributed by atoms with Crippen LogP contribution in [-0.4, -0.2) is 14.5 Å². The molecule has 0 unspecified atom stereocenters. The normalized spacial score (nSPS) is 11.2. The van der Waals surface area contributed by atoms with E-state index in [1.54, 1.807) is 16.8 Å². The van der Waals surface area contributed by atoms with Gasteiger partial charge in [-0.15, -0.1) is 0 Å². The smallest absolute Gasteiger partial charge is 0.214 e. The molecule has 6 heteroatoms. The molecule has 0 aliphatic carbocycles. The van der Waals surface area contributed by atoms with Gasteiger partial charge in [-0.3, -0.25) is 0 Å². The van der Waals surface area contributed by atoms with Crippen LogP contribution in [0.1, 0.15) is 11.7 Å². The second-order valence-electron chi connectivity index (χ2n) is 4.05. The maximum absolute atomic E-state index is 13.2. The van der Waals surface area contributed by atoms with E-state index in [0.29, 0.717) is 29.4 Å². The van der Waals surface area contributed by atoms with E-state index < -0.39 is 0 Å². The van der Waals surface area contributed by atoms with Gasteiger partial charge in [-0.25, -0.2) is 14.4 Å². The fraction of sp³-hybridized carbons (Fsp3) is 0.167. The van der Waals surface area contributed by atoms with Crippen molar-refractivity contribution in [2.24, 2.45) is 0 Å². The third-order valence-corrected chi connectivity index (χ3v) is 2.70. The predicted molar refractivity (Wildman–Crippen MR) is 64.4 cm³/mol. The molecule has 2 N–H and O–H groups in total. The second kappa shape index (κ2) is 3.83. The third kappa shape index (κ3) is 1.71. The summed E-state index contributed by atoms with van der Waals surface area (Å²) in [5.74, 6) is 1.22. The van der Waals surface area contributed by atoms with Gasteiger partial charge < -0.3 is 14.7 Å². The number of hydrogen-bond donors (Lipinski definition) is 1. The number of nitrogens with two attached hydrogens (primary N) is 1. The Bertz CT molecular complexity index is 716. The van der Waals surface area contributed by atoms with Gasteiger partial charge in [-0.1, -0.05) is 0 Å². The number of rotatable bonds is 2. The molecule has 0 atom stereocenters. The molecular formula is C12H11FN4O. The van der Waals surface area contributed by atoms with Gasteiger partial charge in [-0.2, -0.15) is 0 Å². The van der Waals surface area contributed by atoms with Crippen LogP contribution in [-0.2, 0) is 6.54 Å². The van der Waals surface area contributed by atoms with Gasteiger partial charge in [0.05, 0.1) is 17.2 Å². The van der Waals surface area contributed by atoms with E-state index >= 15 is 0 Å². The minimum atomic E-state index is -0.327. The van der Waals surface area contributed by atoms with Crippen LogP contribution in [0.25, 0.3) is 11.0 Å². The van der Waals surface area contributed by atoms with Crippen LogP contribution in [0.5, 0.6) is 0 Å². The molecule has 0 saturated heterocycles. The Labute approximate surface area is 102 Å². The van der Waals surface area contributed by atoms with Gasteiger partial charge in [0.25, 0.3) is 0 Å². The van der Waals surface area contributed by atoms with Gasteiger partial charge in [0.15, 0.2) is 0 Å². The summed E-state index contributed by atoms with van der Waals surface area (Å²) < 4.78 is 20.3. The van der Waals surface area contributed by atoms with Gasteiger partial charge in [0, 0.05) is 0 Å². The minimum absolute atomic E-state index is 0.312. The lowest BCUT2D eigenvalue weighted by molar-refractivity contribution is 0.460. The summed E-state index contributed by atoms with van der Waals surface area (Å²) in [6, 6.07) is 4.35. The largest absolute Gasteiger partial charge is 0.444 e. The first-order chi connectivity index (χ1) is 8.63. The van der Waals surface area contributed by atoms with Crippen molar-refractivity contribution in [3.8, 4) is 0 Å². The standard InChI is InChI=1S/C12H11FN4O/c1-7-5-15-11(18-7)6-17-10-4-8(13)2-3-9(10)16-12(17)14/h2-5H,6H2,1H3,(H2,14,16). The summed E-state index contributed by atoms with van der Waals surface area (Å²) in [5, 5.41) is 0. The number of nitrogen functional groups attached to an aromatic ring is 1. The quantitative estimate of drug-likeness (QED) is 0.751. The maximum Gasteiger partial charge on any atom is 0.214 e. The van der Waals surface area contributed by atoms with Crippen molar-refractivity contribution in [3.05, 3.63) is 41.9 Å². The molecule has 1 aromatic carbocycles. The van der Waals surface area contributed by atoms with Crippen molar-refractivity contribution in [2.75, 3.05) is 5.73 Å². The second-order valence-corrected chi connectivity index (χ2v) is 4.05. The zero-order valence-corrected chi connectivity index (χ0v) is 9.72. The predicted octanol–water partition coefficient (Wildman–Crippen LogP) is 2.10. The van der Waals surface area contributed by atoms with Crippen LogP contribution in [0.3, 0.4) is 0 Å². The number of benzene rings is 1.